The maximum Gasteiger partial charge on any atom is 0.224 e. The molecular formula is C34H32Cl2F4N6O2. The van der Waals surface area contributed by atoms with Crippen molar-refractivity contribution in [1.82, 2.24) is 19.9 Å². The van der Waals surface area contributed by atoms with Gasteiger partial charge in [-0.05, 0) is 71.4 Å². The van der Waals surface area contributed by atoms with E-state index in [4.69, 9.17) is 32.7 Å². The highest BCUT2D eigenvalue weighted by molar-refractivity contribution is 6.28. The highest BCUT2D eigenvalue weighted by atomic mass is 35.5. The quantitative estimate of drug-likeness (QED) is 0.167. The molecule has 2 aromatic heterocycles. The van der Waals surface area contributed by atoms with Crippen molar-refractivity contribution in [2.24, 2.45) is 0 Å². The number of benzene rings is 2. The Morgan fingerprint density at radius 1 is 0.604 bits per heavy atom. The van der Waals surface area contributed by atoms with Gasteiger partial charge < -0.3 is 19.3 Å². The monoisotopic (exact) mass is 702 g/mol. The number of fused-ring (bicyclic) bond motifs is 2. The molecule has 14 heteroatoms. The number of halogens is 6. The summed E-state index contributed by atoms with van der Waals surface area (Å²) in [4.78, 5) is 21.2. The molecule has 2 unspecified atom stereocenters. The number of anilines is 2. The Hall–Kier alpha value is -3.58. The molecular weight excluding hydrogens is 671 g/mol. The molecule has 0 aliphatic carbocycles. The van der Waals surface area contributed by atoms with Gasteiger partial charge in [0.15, 0.2) is 0 Å². The number of ether oxygens (including phenoxy) is 2. The Morgan fingerprint density at radius 2 is 1.00 bits per heavy atom. The van der Waals surface area contributed by atoms with Crippen LogP contribution in [0, 0.1) is 11.6 Å². The lowest BCUT2D eigenvalue weighted by molar-refractivity contribution is 0.0662. The van der Waals surface area contributed by atoms with Gasteiger partial charge in [0.25, 0.3) is 0 Å². The minimum Gasteiger partial charge on any atom is -0.367 e. The summed E-state index contributed by atoms with van der Waals surface area (Å²) in [6.45, 7) is 2.87. The molecule has 8 nitrogen and oxygen atoms in total. The van der Waals surface area contributed by atoms with Crippen LogP contribution in [0.15, 0.2) is 48.5 Å². The predicted molar refractivity (Wildman–Crippen MR) is 173 cm³/mol. The van der Waals surface area contributed by atoms with Crippen LogP contribution >= 0.6 is 23.2 Å². The zero-order valence-electron chi connectivity index (χ0n) is 25.8. The first-order valence-electron chi connectivity index (χ1n) is 15.9. The van der Waals surface area contributed by atoms with Crippen molar-refractivity contribution in [3.05, 3.63) is 104 Å². The van der Waals surface area contributed by atoms with Crippen molar-refractivity contribution in [2.45, 2.75) is 50.2 Å². The first kappa shape index (κ1) is 32.9. The molecule has 6 heterocycles. The Morgan fingerprint density at radius 3 is 1.35 bits per heavy atom. The number of alkyl halides is 2. The molecule has 0 N–H and O–H groups in total. The van der Waals surface area contributed by atoms with Crippen molar-refractivity contribution < 1.29 is 27.0 Å². The lowest BCUT2D eigenvalue weighted by atomic mass is 9.98. The number of hydrogen-bond donors (Lipinski definition) is 0. The smallest absolute Gasteiger partial charge is 0.224 e. The number of nitrogens with zero attached hydrogens (tertiary/aromatic N) is 6. The maximum absolute atomic E-state index is 13.6. The summed E-state index contributed by atoms with van der Waals surface area (Å²) in [5, 5.41) is 0.229. The van der Waals surface area contributed by atoms with Crippen LogP contribution in [-0.4, -0.2) is 71.7 Å². The summed E-state index contributed by atoms with van der Waals surface area (Å²) < 4.78 is 65.3. The fourth-order valence-corrected chi connectivity index (χ4v) is 7.02. The molecule has 2 aromatic carbocycles. The molecule has 0 bridgehead atoms. The lowest BCUT2D eigenvalue weighted by Gasteiger charge is -2.29. The van der Waals surface area contributed by atoms with Crippen LogP contribution in [0.2, 0.25) is 10.6 Å². The topological polar surface area (TPSA) is 76.5 Å². The molecule has 4 atom stereocenters. The molecule has 0 spiro atoms. The van der Waals surface area contributed by atoms with Gasteiger partial charge in [-0.2, -0.15) is 0 Å². The van der Waals surface area contributed by atoms with Crippen LogP contribution in [0.5, 0.6) is 0 Å². The van der Waals surface area contributed by atoms with Crippen LogP contribution in [0.3, 0.4) is 0 Å². The average Bonchev–Trinajstić information content (AvgIpc) is 3.72. The first-order valence-corrected chi connectivity index (χ1v) is 16.6. The zero-order valence-corrected chi connectivity index (χ0v) is 27.3. The third-order valence-electron chi connectivity index (χ3n) is 8.96. The Balaban J connectivity index is 0.000000152. The van der Waals surface area contributed by atoms with Crippen LogP contribution < -0.4 is 9.80 Å². The van der Waals surface area contributed by atoms with E-state index < -0.39 is 24.6 Å². The third-order valence-corrected chi connectivity index (χ3v) is 9.29. The zero-order chi connectivity index (χ0) is 33.4. The summed E-state index contributed by atoms with van der Waals surface area (Å²) in [6, 6.07) is 12.3. The summed E-state index contributed by atoms with van der Waals surface area (Å²) in [6.07, 6.45) is -0.248. The predicted octanol–water partition coefficient (Wildman–Crippen LogP) is 6.96. The second-order valence-electron chi connectivity index (χ2n) is 12.1. The van der Waals surface area contributed by atoms with Crippen LogP contribution in [-0.2, 0) is 22.3 Å². The van der Waals surface area contributed by atoms with Crippen molar-refractivity contribution in [2.75, 3.05) is 49.2 Å². The van der Waals surface area contributed by atoms with E-state index in [1.54, 1.807) is 24.3 Å². The Kier molecular flexibility index (Phi) is 9.68. The van der Waals surface area contributed by atoms with Gasteiger partial charge in [0.1, 0.15) is 47.8 Å². The van der Waals surface area contributed by atoms with Gasteiger partial charge in [0.2, 0.25) is 10.6 Å². The highest BCUT2D eigenvalue weighted by Gasteiger charge is 2.34. The van der Waals surface area contributed by atoms with Gasteiger partial charge in [0, 0.05) is 37.1 Å². The van der Waals surface area contributed by atoms with E-state index in [0.29, 0.717) is 88.1 Å². The number of aromatic nitrogens is 4. The SMILES string of the molecule is Fc1ccc(C2OCCc3c2nc(Cl)nc3N2CC[C@@H](F)C2)cc1.Fc1ccc(C2OCCc3c2nc(Cl)nc3N2CC[C@@H](F)C2)cc1. The molecule has 252 valence electrons. The van der Waals surface area contributed by atoms with Crippen molar-refractivity contribution in [1.29, 1.82) is 0 Å². The fraction of sp³-hybridized carbons (Fsp3) is 0.412. The summed E-state index contributed by atoms with van der Waals surface area (Å²) in [7, 11) is 0. The van der Waals surface area contributed by atoms with Crippen LogP contribution in [0.1, 0.15) is 58.7 Å². The largest absolute Gasteiger partial charge is 0.367 e. The van der Waals surface area contributed by atoms with E-state index in [1.165, 1.54) is 24.3 Å². The summed E-state index contributed by atoms with van der Waals surface area (Å²) >= 11 is 12.2. The summed E-state index contributed by atoms with van der Waals surface area (Å²) in [5.74, 6) is 0.783. The van der Waals surface area contributed by atoms with E-state index >= 15 is 0 Å². The van der Waals surface area contributed by atoms with Gasteiger partial charge >= 0.3 is 0 Å². The minimum atomic E-state index is -0.845. The third kappa shape index (κ3) is 6.94. The van der Waals surface area contributed by atoms with Crippen molar-refractivity contribution in [3.8, 4) is 0 Å². The molecule has 0 saturated carbocycles. The highest BCUT2D eigenvalue weighted by Crippen LogP contribution is 2.39. The minimum absolute atomic E-state index is 0.115. The van der Waals surface area contributed by atoms with Crippen LogP contribution in [0.25, 0.3) is 0 Å². The molecule has 48 heavy (non-hydrogen) atoms. The maximum atomic E-state index is 13.6. The standard InChI is InChI=1S/2C17H16ClF2N3O/c2*18-17-21-14-13(16(22-17)23-7-5-12(20)9-23)6-8-24-15(14)10-1-3-11(19)4-2-10/h2*1-4,12,15H,5-9H2/t2*12-,15?/m11/s1. The van der Waals surface area contributed by atoms with E-state index in [2.05, 4.69) is 19.9 Å². The molecule has 0 amide bonds. The van der Waals surface area contributed by atoms with E-state index in [0.717, 1.165) is 22.3 Å². The number of hydrogen-bond acceptors (Lipinski definition) is 8. The second kappa shape index (κ2) is 14.1. The van der Waals surface area contributed by atoms with Crippen molar-refractivity contribution in [3.63, 3.8) is 0 Å². The molecule has 2 fully saturated rings. The van der Waals surface area contributed by atoms with Crippen LogP contribution in [0.4, 0.5) is 29.2 Å². The lowest BCUT2D eigenvalue weighted by Crippen LogP contribution is -2.27. The normalized spacial score (nSPS) is 23.4. The Bertz CT molecular complexity index is 1640. The first-order chi connectivity index (χ1) is 23.2. The van der Waals surface area contributed by atoms with E-state index in [-0.39, 0.29) is 22.2 Å². The Labute approximate surface area is 285 Å². The molecule has 4 aliphatic heterocycles. The van der Waals surface area contributed by atoms with Gasteiger partial charge in [0.05, 0.1) is 37.7 Å². The van der Waals surface area contributed by atoms with Gasteiger partial charge in [-0.25, -0.2) is 37.5 Å². The van der Waals surface area contributed by atoms with Gasteiger partial charge in [-0.3, -0.25) is 0 Å². The van der Waals surface area contributed by atoms with Crippen molar-refractivity contribution >= 4 is 34.8 Å². The summed E-state index contributed by atoms with van der Waals surface area (Å²) in [5.41, 5.74) is 4.86. The van der Waals surface area contributed by atoms with Gasteiger partial charge in [-0.15, -0.1) is 0 Å². The fourth-order valence-electron chi connectivity index (χ4n) is 6.68. The van der Waals surface area contributed by atoms with E-state index in [9.17, 15) is 17.6 Å². The second-order valence-corrected chi connectivity index (χ2v) is 12.8. The molecule has 2 saturated heterocycles. The molecule has 0 radical (unpaired) electrons. The van der Waals surface area contributed by atoms with Gasteiger partial charge in [-0.1, -0.05) is 24.3 Å². The average molecular weight is 704 g/mol. The molecule has 4 aromatic rings. The molecule has 8 rings (SSSR count). The number of rotatable bonds is 4. The molecule has 4 aliphatic rings. The van der Waals surface area contributed by atoms with E-state index in [1.807, 2.05) is 9.80 Å².